The van der Waals surface area contributed by atoms with Crippen molar-refractivity contribution in [2.45, 2.75) is 149 Å². The van der Waals surface area contributed by atoms with Gasteiger partial charge < -0.3 is 8.23 Å². The van der Waals surface area contributed by atoms with Gasteiger partial charge in [0, 0.05) is 0 Å². The lowest BCUT2D eigenvalue weighted by atomic mass is 10.1. The summed E-state index contributed by atoms with van der Waals surface area (Å²) in [6.45, 7) is 49.7. The van der Waals surface area contributed by atoms with Crippen LogP contribution < -0.4 is 31.1 Å². The summed E-state index contributed by atoms with van der Waals surface area (Å²) in [7, 11) is -9.25. The normalized spacial score (nSPS) is 12.3. The summed E-state index contributed by atoms with van der Waals surface area (Å²) in [5.74, 6) is 0. The van der Waals surface area contributed by atoms with Crippen molar-refractivity contribution in [1.82, 2.24) is 0 Å². The van der Waals surface area contributed by atoms with E-state index in [1.165, 1.54) is 97.9 Å². The predicted octanol–water partition coefficient (Wildman–Crippen LogP) is 12.7. The number of rotatable bonds is 10. The van der Waals surface area contributed by atoms with Gasteiger partial charge in [-0.25, -0.2) is 0 Å². The molecule has 65 heavy (non-hydrogen) atoms. The van der Waals surface area contributed by atoms with Crippen LogP contribution in [0.25, 0.3) is 0 Å². The second-order valence-electron chi connectivity index (χ2n) is 21.7. The van der Waals surface area contributed by atoms with Gasteiger partial charge in [0.05, 0.1) is 0 Å². The van der Waals surface area contributed by atoms with Gasteiger partial charge in [0.15, 0.2) is 0 Å². The molecular formula is C58H84O2Si5. The fourth-order valence-corrected chi connectivity index (χ4v) is 27.2. The molecule has 0 saturated carbocycles. The Hall–Kier alpha value is -3.68. The highest BCUT2D eigenvalue weighted by atomic mass is 28.4. The standard InChI is InChI=1S/2C20H30OSi2.C18H24Si/c2*1-15-9-11-19(13-17(15)3)22(5,6)21-23(7,8)20-12-10-16(2)18(4)14-20;1-13-7-9-17(11-15(13)3)19(5,6)18-10-8-14(2)16(4)12-18/h2*9-14H,1-8H3;7-12H,1-6H3. The zero-order chi connectivity index (χ0) is 49.0. The first kappa shape index (κ1) is 53.9. The van der Waals surface area contributed by atoms with Crippen molar-refractivity contribution in [3.05, 3.63) is 176 Å². The molecule has 6 aromatic rings. The second kappa shape index (κ2) is 21.1. The lowest BCUT2D eigenvalue weighted by Gasteiger charge is -2.35. The van der Waals surface area contributed by atoms with E-state index < -0.39 is 41.3 Å². The summed E-state index contributed by atoms with van der Waals surface area (Å²) in [5, 5.41) is 8.63. The molecule has 0 heterocycles. The summed E-state index contributed by atoms with van der Waals surface area (Å²) in [5.41, 5.74) is 16.4. The van der Waals surface area contributed by atoms with Crippen LogP contribution in [0.2, 0.25) is 65.5 Å². The molecular weight excluding hydrogens is 869 g/mol. The van der Waals surface area contributed by atoms with Gasteiger partial charge in [-0.15, -0.1) is 0 Å². The summed E-state index contributed by atoms with van der Waals surface area (Å²) in [4.78, 5) is 0. The highest BCUT2D eigenvalue weighted by Crippen LogP contribution is 2.20. The minimum atomic E-state index is -1.92. The van der Waals surface area contributed by atoms with E-state index in [0.29, 0.717) is 0 Å². The Morgan fingerprint density at radius 2 is 0.369 bits per heavy atom. The van der Waals surface area contributed by atoms with E-state index in [0.717, 1.165) is 0 Å². The summed E-state index contributed by atoms with van der Waals surface area (Å²) >= 11 is 0. The molecule has 348 valence electrons. The first-order chi connectivity index (χ1) is 29.9. The van der Waals surface area contributed by atoms with Gasteiger partial charge in [-0.1, -0.05) is 133 Å². The van der Waals surface area contributed by atoms with Crippen molar-refractivity contribution >= 4 is 72.5 Å². The molecule has 0 aliphatic carbocycles. The van der Waals surface area contributed by atoms with Gasteiger partial charge in [-0.2, -0.15) is 0 Å². The van der Waals surface area contributed by atoms with Crippen LogP contribution in [0.1, 0.15) is 66.8 Å². The topological polar surface area (TPSA) is 18.5 Å². The lowest BCUT2D eigenvalue weighted by Crippen LogP contribution is -2.57. The molecule has 0 aliphatic rings. The Labute approximate surface area is 402 Å². The highest BCUT2D eigenvalue weighted by Gasteiger charge is 2.37. The smallest absolute Gasteiger partial charge is 0.206 e. The van der Waals surface area contributed by atoms with Crippen LogP contribution in [0.5, 0.6) is 0 Å². The average molecular weight is 954 g/mol. The maximum Gasteiger partial charge on any atom is 0.206 e. The molecule has 0 unspecified atom stereocenters. The molecule has 0 N–H and O–H groups in total. The molecule has 7 heteroatoms. The van der Waals surface area contributed by atoms with Crippen LogP contribution in [-0.4, -0.2) is 41.3 Å². The number of aryl methyl sites for hydroxylation is 12. The zero-order valence-corrected chi connectivity index (χ0v) is 49.7. The molecule has 0 saturated heterocycles. The van der Waals surface area contributed by atoms with E-state index in [1.807, 2.05) is 0 Å². The molecule has 0 aromatic heterocycles. The highest BCUT2D eigenvalue weighted by molar-refractivity contribution is 7.00. The Balaban J connectivity index is 0.000000215. The quantitative estimate of drug-likeness (QED) is 0.127. The monoisotopic (exact) mass is 953 g/mol. The Morgan fingerprint density at radius 3 is 0.538 bits per heavy atom. The fourth-order valence-electron chi connectivity index (χ4n) is 8.40. The van der Waals surface area contributed by atoms with E-state index in [9.17, 15) is 0 Å². The summed E-state index contributed by atoms with van der Waals surface area (Å²) in [6.07, 6.45) is 0. The number of benzene rings is 6. The number of hydrogen-bond acceptors (Lipinski definition) is 2. The summed E-state index contributed by atoms with van der Waals surface area (Å²) < 4.78 is 13.7. The van der Waals surface area contributed by atoms with Gasteiger partial charge in [0.25, 0.3) is 0 Å². The third-order valence-electron chi connectivity index (χ3n) is 14.3. The van der Waals surface area contributed by atoms with E-state index in [2.05, 4.69) is 258 Å². The fraction of sp³-hybridized carbons (Fsp3) is 0.379. The minimum absolute atomic E-state index is 1.35. The minimum Gasteiger partial charge on any atom is -0.449 e. The lowest BCUT2D eigenvalue weighted by molar-refractivity contribution is 0.572. The van der Waals surface area contributed by atoms with Gasteiger partial charge in [0.2, 0.25) is 33.3 Å². The maximum absolute atomic E-state index is 6.86. The molecule has 6 aromatic carbocycles. The molecule has 0 radical (unpaired) electrons. The first-order valence-corrected chi connectivity index (χ1v) is 38.4. The van der Waals surface area contributed by atoms with Crippen molar-refractivity contribution in [2.24, 2.45) is 0 Å². The van der Waals surface area contributed by atoms with Crippen molar-refractivity contribution in [1.29, 1.82) is 0 Å². The molecule has 0 atom stereocenters. The van der Waals surface area contributed by atoms with E-state index in [1.54, 1.807) is 0 Å². The van der Waals surface area contributed by atoms with Crippen LogP contribution in [0.15, 0.2) is 109 Å². The van der Waals surface area contributed by atoms with Crippen LogP contribution in [0.4, 0.5) is 0 Å². The van der Waals surface area contributed by atoms with Gasteiger partial charge in [-0.05, 0) is 223 Å². The Kier molecular flexibility index (Phi) is 17.5. The molecule has 0 amide bonds. The molecule has 6 rings (SSSR count). The van der Waals surface area contributed by atoms with Gasteiger partial charge in [0.1, 0.15) is 8.07 Å². The molecule has 0 bridgehead atoms. The average Bonchev–Trinajstić information content (AvgIpc) is 3.20. The first-order valence-electron chi connectivity index (χ1n) is 23.7. The van der Waals surface area contributed by atoms with E-state index in [-0.39, 0.29) is 0 Å². The van der Waals surface area contributed by atoms with Crippen LogP contribution >= 0.6 is 0 Å². The van der Waals surface area contributed by atoms with Gasteiger partial charge in [-0.3, -0.25) is 0 Å². The Bertz CT molecular complexity index is 2320. The maximum atomic E-state index is 6.86. The molecule has 0 fully saturated rings. The van der Waals surface area contributed by atoms with Crippen LogP contribution in [-0.2, 0) is 8.23 Å². The molecule has 0 spiro atoms. The molecule has 2 nitrogen and oxygen atoms in total. The second-order valence-corrected chi connectivity index (χ2v) is 42.1. The third-order valence-corrected chi connectivity index (χ3v) is 32.8. The van der Waals surface area contributed by atoms with Crippen molar-refractivity contribution in [3.63, 3.8) is 0 Å². The van der Waals surface area contributed by atoms with Gasteiger partial charge >= 0.3 is 0 Å². The SMILES string of the molecule is Cc1ccc([Si](C)(C)O[Si](C)(C)c2ccc(C)c(C)c2)cc1C.Cc1ccc([Si](C)(C)O[Si](C)(C)c2ccc(C)c(C)c2)cc1C.Cc1ccc([Si](C)(C)c2ccc(C)c(C)c2)cc1C. The number of hydrogen-bond donors (Lipinski definition) is 0. The van der Waals surface area contributed by atoms with Crippen molar-refractivity contribution in [2.75, 3.05) is 0 Å². The van der Waals surface area contributed by atoms with Crippen LogP contribution in [0.3, 0.4) is 0 Å². The predicted molar refractivity (Wildman–Crippen MR) is 303 cm³/mol. The van der Waals surface area contributed by atoms with Crippen molar-refractivity contribution in [3.8, 4) is 0 Å². The molecule has 0 aliphatic heterocycles. The van der Waals surface area contributed by atoms with Crippen LogP contribution in [0, 0.1) is 83.1 Å². The zero-order valence-electron chi connectivity index (χ0n) is 44.7. The third kappa shape index (κ3) is 13.7. The van der Waals surface area contributed by atoms with E-state index in [4.69, 9.17) is 8.23 Å². The van der Waals surface area contributed by atoms with Crippen molar-refractivity contribution < 1.29 is 8.23 Å². The Morgan fingerprint density at radius 1 is 0.215 bits per heavy atom. The summed E-state index contributed by atoms with van der Waals surface area (Å²) in [6, 6.07) is 41.2. The van der Waals surface area contributed by atoms with E-state index >= 15 is 0 Å². The largest absolute Gasteiger partial charge is 0.449 e.